The summed E-state index contributed by atoms with van der Waals surface area (Å²) in [5.41, 5.74) is 1.33. The van der Waals surface area contributed by atoms with E-state index in [1.807, 2.05) is 0 Å². The molecule has 2 aliphatic rings. The van der Waals surface area contributed by atoms with E-state index in [1.54, 1.807) is 18.2 Å². The van der Waals surface area contributed by atoms with E-state index in [1.165, 1.54) is 0 Å². The van der Waals surface area contributed by atoms with E-state index >= 15 is 0 Å². The molecule has 1 aromatic rings. The molecule has 2 heterocycles. The molecule has 2 amide bonds. The van der Waals surface area contributed by atoms with Crippen LogP contribution in [0.25, 0.3) is 0 Å². The lowest BCUT2D eigenvalue weighted by Crippen LogP contribution is -2.34. The van der Waals surface area contributed by atoms with Gasteiger partial charge in [0.1, 0.15) is 5.75 Å². The van der Waals surface area contributed by atoms with Crippen molar-refractivity contribution in [3.8, 4) is 5.75 Å². The van der Waals surface area contributed by atoms with Crippen LogP contribution >= 0.6 is 0 Å². The number of rotatable bonds is 3. The van der Waals surface area contributed by atoms with Gasteiger partial charge in [0.2, 0.25) is 5.91 Å². The summed E-state index contributed by atoms with van der Waals surface area (Å²) in [6.07, 6.45) is 1.80. The van der Waals surface area contributed by atoms with Crippen molar-refractivity contribution in [2.75, 3.05) is 23.8 Å². The van der Waals surface area contributed by atoms with Crippen LogP contribution in [0.4, 0.5) is 11.4 Å². The maximum absolute atomic E-state index is 12.3. The summed E-state index contributed by atoms with van der Waals surface area (Å²) in [4.78, 5) is 23.6. The predicted molar refractivity (Wildman–Crippen MR) is 79.4 cm³/mol. The standard InChI is InChI=1S/C15H19N3O3/c1-2-11-10(5-6-16-11)15(20)17-9-3-4-12-13(7-9)21-8-14(19)18-12/h3-4,7,10-11,16H,2,5-6,8H2,1H3,(H,17,20)(H,18,19). The summed E-state index contributed by atoms with van der Waals surface area (Å²) in [5.74, 6) is 0.462. The Kier molecular flexibility index (Phi) is 3.79. The number of anilines is 2. The molecule has 0 bridgehead atoms. The minimum Gasteiger partial charge on any atom is -0.482 e. The fraction of sp³-hybridized carbons (Fsp3) is 0.467. The SMILES string of the molecule is CCC1NCCC1C(=O)Nc1ccc2c(c1)OCC(=O)N2. The molecule has 3 N–H and O–H groups in total. The molecule has 6 heteroatoms. The molecule has 1 saturated heterocycles. The van der Waals surface area contributed by atoms with Gasteiger partial charge in [0.25, 0.3) is 5.91 Å². The highest BCUT2D eigenvalue weighted by Gasteiger charge is 2.31. The average molecular weight is 289 g/mol. The van der Waals surface area contributed by atoms with Crippen molar-refractivity contribution in [1.29, 1.82) is 0 Å². The van der Waals surface area contributed by atoms with Crippen LogP contribution in [0.15, 0.2) is 18.2 Å². The van der Waals surface area contributed by atoms with Gasteiger partial charge < -0.3 is 20.7 Å². The summed E-state index contributed by atoms with van der Waals surface area (Å²) in [6, 6.07) is 5.51. The lowest BCUT2D eigenvalue weighted by atomic mass is 9.97. The first-order valence-electron chi connectivity index (χ1n) is 7.28. The molecule has 3 rings (SSSR count). The van der Waals surface area contributed by atoms with E-state index < -0.39 is 0 Å². The van der Waals surface area contributed by atoms with Crippen molar-refractivity contribution < 1.29 is 14.3 Å². The van der Waals surface area contributed by atoms with Crippen LogP contribution in [0.2, 0.25) is 0 Å². The third kappa shape index (κ3) is 2.85. The maximum Gasteiger partial charge on any atom is 0.262 e. The van der Waals surface area contributed by atoms with Gasteiger partial charge in [0.15, 0.2) is 6.61 Å². The van der Waals surface area contributed by atoms with Gasteiger partial charge in [0, 0.05) is 17.8 Å². The Bertz CT molecular complexity index is 573. The molecule has 0 spiro atoms. The number of benzene rings is 1. The van der Waals surface area contributed by atoms with E-state index in [0.29, 0.717) is 17.1 Å². The normalized spacial score (nSPS) is 24.0. The van der Waals surface area contributed by atoms with E-state index in [2.05, 4.69) is 22.9 Å². The molecule has 0 radical (unpaired) electrons. The molecule has 2 aliphatic heterocycles. The molecule has 2 atom stereocenters. The number of fused-ring (bicyclic) bond motifs is 1. The van der Waals surface area contributed by atoms with E-state index in [-0.39, 0.29) is 30.4 Å². The second-order valence-corrected chi connectivity index (χ2v) is 5.40. The lowest BCUT2D eigenvalue weighted by Gasteiger charge is -2.20. The molecule has 1 aromatic carbocycles. The smallest absolute Gasteiger partial charge is 0.262 e. The zero-order valence-electron chi connectivity index (χ0n) is 11.9. The predicted octanol–water partition coefficient (Wildman–Crippen LogP) is 1.34. The summed E-state index contributed by atoms with van der Waals surface area (Å²) in [7, 11) is 0. The molecule has 6 nitrogen and oxygen atoms in total. The van der Waals surface area contributed by atoms with Gasteiger partial charge in [0.05, 0.1) is 11.6 Å². The molecule has 0 aromatic heterocycles. The molecule has 2 unspecified atom stereocenters. The van der Waals surface area contributed by atoms with Gasteiger partial charge in [-0.2, -0.15) is 0 Å². The van der Waals surface area contributed by atoms with Crippen LogP contribution in [0.1, 0.15) is 19.8 Å². The van der Waals surface area contributed by atoms with Gasteiger partial charge in [-0.15, -0.1) is 0 Å². The lowest BCUT2D eigenvalue weighted by molar-refractivity contribution is -0.120. The second kappa shape index (κ2) is 5.73. The highest BCUT2D eigenvalue weighted by molar-refractivity contribution is 5.97. The quantitative estimate of drug-likeness (QED) is 0.784. The fourth-order valence-electron chi connectivity index (χ4n) is 2.90. The molecule has 0 aliphatic carbocycles. The third-order valence-electron chi connectivity index (χ3n) is 4.01. The monoisotopic (exact) mass is 289 g/mol. The minimum absolute atomic E-state index is 0.00616. The summed E-state index contributed by atoms with van der Waals surface area (Å²) >= 11 is 0. The van der Waals surface area contributed by atoms with Crippen molar-refractivity contribution in [2.24, 2.45) is 5.92 Å². The van der Waals surface area contributed by atoms with Crippen LogP contribution in [0.3, 0.4) is 0 Å². The molecule has 0 saturated carbocycles. The number of hydrogen-bond donors (Lipinski definition) is 3. The van der Waals surface area contributed by atoms with Gasteiger partial charge >= 0.3 is 0 Å². The number of amides is 2. The van der Waals surface area contributed by atoms with Crippen molar-refractivity contribution >= 4 is 23.2 Å². The topological polar surface area (TPSA) is 79.5 Å². The fourth-order valence-corrected chi connectivity index (χ4v) is 2.90. The molecule has 1 fully saturated rings. The highest BCUT2D eigenvalue weighted by atomic mass is 16.5. The minimum atomic E-state index is -0.165. The number of nitrogens with one attached hydrogen (secondary N) is 3. The van der Waals surface area contributed by atoms with E-state index in [0.717, 1.165) is 19.4 Å². The molecular formula is C15H19N3O3. The zero-order chi connectivity index (χ0) is 14.8. The van der Waals surface area contributed by atoms with E-state index in [4.69, 9.17) is 4.74 Å². The Morgan fingerprint density at radius 3 is 3.14 bits per heavy atom. The first-order valence-corrected chi connectivity index (χ1v) is 7.28. The third-order valence-corrected chi connectivity index (χ3v) is 4.01. The second-order valence-electron chi connectivity index (χ2n) is 5.40. The number of ether oxygens (including phenoxy) is 1. The first-order chi connectivity index (χ1) is 10.2. The zero-order valence-corrected chi connectivity index (χ0v) is 11.9. The number of carbonyl (C=O) groups excluding carboxylic acids is 2. The van der Waals surface area contributed by atoms with Gasteiger partial charge in [-0.3, -0.25) is 9.59 Å². The van der Waals surface area contributed by atoms with Crippen molar-refractivity contribution in [2.45, 2.75) is 25.8 Å². The summed E-state index contributed by atoms with van der Waals surface area (Å²) < 4.78 is 5.35. The Morgan fingerprint density at radius 2 is 2.33 bits per heavy atom. The maximum atomic E-state index is 12.3. The Morgan fingerprint density at radius 1 is 1.48 bits per heavy atom. The van der Waals surface area contributed by atoms with Crippen molar-refractivity contribution in [3.63, 3.8) is 0 Å². The first kappa shape index (κ1) is 13.9. The number of hydrogen-bond acceptors (Lipinski definition) is 4. The Balaban J connectivity index is 1.70. The molecule has 21 heavy (non-hydrogen) atoms. The summed E-state index contributed by atoms with van der Waals surface area (Å²) in [6.45, 7) is 2.98. The van der Waals surface area contributed by atoms with Crippen LogP contribution in [-0.4, -0.2) is 31.0 Å². The van der Waals surface area contributed by atoms with Gasteiger partial charge in [-0.25, -0.2) is 0 Å². The van der Waals surface area contributed by atoms with E-state index in [9.17, 15) is 9.59 Å². The molecular weight excluding hydrogens is 270 g/mol. The molecule has 112 valence electrons. The van der Waals surface area contributed by atoms with Crippen LogP contribution in [-0.2, 0) is 9.59 Å². The largest absolute Gasteiger partial charge is 0.482 e. The Labute approximate surface area is 123 Å². The highest BCUT2D eigenvalue weighted by Crippen LogP contribution is 2.31. The van der Waals surface area contributed by atoms with Crippen LogP contribution < -0.4 is 20.7 Å². The number of carbonyl (C=O) groups is 2. The van der Waals surface area contributed by atoms with Crippen LogP contribution in [0.5, 0.6) is 5.75 Å². The Hall–Kier alpha value is -2.08. The van der Waals surface area contributed by atoms with Crippen molar-refractivity contribution in [3.05, 3.63) is 18.2 Å². The average Bonchev–Trinajstić information content (AvgIpc) is 2.96. The van der Waals surface area contributed by atoms with Gasteiger partial charge in [-0.1, -0.05) is 6.92 Å². The summed E-state index contributed by atoms with van der Waals surface area (Å²) in [5, 5.41) is 9.01. The van der Waals surface area contributed by atoms with Gasteiger partial charge in [-0.05, 0) is 31.5 Å². The van der Waals surface area contributed by atoms with Crippen molar-refractivity contribution in [1.82, 2.24) is 5.32 Å². The van der Waals surface area contributed by atoms with Crippen LogP contribution in [0, 0.1) is 5.92 Å².